The summed E-state index contributed by atoms with van der Waals surface area (Å²) >= 11 is 3.17. The number of nitrogens with two attached hydrogens (primary N) is 1. The van der Waals surface area contributed by atoms with E-state index >= 15 is 0 Å². The molecule has 0 radical (unpaired) electrons. The third-order valence-electron chi connectivity index (χ3n) is 4.17. The molecule has 5 heteroatoms. The number of piperidine rings is 1. The molecule has 0 bridgehead atoms. The number of halogens is 2. The minimum absolute atomic E-state index is 0.169. The molecule has 0 aromatic heterocycles. The first-order valence-electron chi connectivity index (χ1n) is 6.97. The number of benzene rings is 1. The summed E-state index contributed by atoms with van der Waals surface area (Å²) in [6.07, 6.45) is 3.21. The van der Waals surface area contributed by atoms with E-state index in [1.54, 1.807) is 12.1 Å². The predicted octanol–water partition coefficient (Wildman–Crippen LogP) is 3.41. The minimum Gasteiger partial charge on any atom is -0.365 e. The van der Waals surface area contributed by atoms with Crippen LogP contribution in [0.2, 0.25) is 0 Å². The summed E-state index contributed by atoms with van der Waals surface area (Å²) in [5.41, 5.74) is 6.72. The van der Waals surface area contributed by atoms with Crippen molar-refractivity contribution in [1.29, 1.82) is 5.26 Å². The van der Waals surface area contributed by atoms with Crippen molar-refractivity contribution in [1.82, 2.24) is 0 Å². The van der Waals surface area contributed by atoms with Gasteiger partial charge in [0.05, 0.1) is 15.7 Å². The molecule has 1 aliphatic rings. The highest BCUT2D eigenvalue weighted by Crippen LogP contribution is 2.34. The van der Waals surface area contributed by atoms with Crippen molar-refractivity contribution >= 4 is 21.6 Å². The van der Waals surface area contributed by atoms with E-state index in [4.69, 9.17) is 11.0 Å². The summed E-state index contributed by atoms with van der Waals surface area (Å²) in [4.78, 5) is 2.05. The second kappa shape index (κ2) is 6.55. The molecule has 1 heterocycles. The largest absolute Gasteiger partial charge is 0.365 e. The van der Waals surface area contributed by atoms with Gasteiger partial charge in [-0.2, -0.15) is 5.26 Å². The Bertz CT molecular complexity index is 527. The molecule has 2 N–H and O–H groups in total. The molecule has 1 fully saturated rings. The van der Waals surface area contributed by atoms with E-state index < -0.39 is 0 Å². The zero-order valence-corrected chi connectivity index (χ0v) is 13.2. The lowest BCUT2D eigenvalue weighted by Gasteiger charge is -2.40. The Balaban J connectivity index is 2.32. The lowest BCUT2D eigenvalue weighted by Crippen LogP contribution is -2.47. The molecule has 2 rings (SSSR count). The molecule has 1 saturated heterocycles. The number of hydrogen-bond acceptors (Lipinski definition) is 3. The van der Waals surface area contributed by atoms with Gasteiger partial charge in [-0.15, -0.1) is 0 Å². The normalized spacial score (nSPS) is 22.6. The van der Waals surface area contributed by atoms with Gasteiger partial charge in [0, 0.05) is 19.1 Å². The first kappa shape index (κ1) is 15.3. The molecule has 0 saturated carbocycles. The van der Waals surface area contributed by atoms with Crippen LogP contribution in [0.5, 0.6) is 0 Å². The number of hydrogen-bond donors (Lipinski definition) is 1. The van der Waals surface area contributed by atoms with Gasteiger partial charge in [-0.25, -0.2) is 4.39 Å². The fraction of sp³-hybridized carbons (Fsp3) is 0.533. The Hall–Kier alpha value is -1.12. The fourth-order valence-electron chi connectivity index (χ4n) is 2.89. The van der Waals surface area contributed by atoms with E-state index in [9.17, 15) is 4.39 Å². The summed E-state index contributed by atoms with van der Waals surface area (Å²) in [7, 11) is 0. The summed E-state index contributed by atoms with van der Waals surface area (Å²) in [6.45, 7) is 3.52. The van der Waals surface area contributed by atoms with Crippen molar-refractivity contribution in [3.63, 3.8) is 0 Å². The molecule has 2 unspecified atom stereocenters. The molecule has 1 aromatic rings. The highest BCUT2D eigenvalue weighted by molar-refractivity contribution is 9.10. The molecule has 1 aliphatic heterocycles. The van der Waals surface area contributed by atoms with Crippen LogP contribution in [0.25, 0.3) is 0 Å². The highest BCUT2D eigenvalue weighted by Gasteiger charge is 2.29. The standard InChI is InChI=1S/C15H19BrFN3/c1-2-10-5-6-20(12(7-10)9-19)13-4-3-11(8-18)14(16)15(13)17/h3-4,10,12H,2,5-7,9,19H2,1H3. The van der Waals surface area contributed by atoms with Crippen LogP contribution >= 0.6 is 15.9 Å². The summed E-state index contributed by atoms with van der Waals surface area (Å²) in [5.74, 6) is 0.308. The van der Waals surface area contributed by atoms with Crippen LogP contribution in [0.15, 0.2) is 16.6 Å². The number of rotatable bonds is 3. The van der Waals surface area contributed by atoms with Gasteiger partial charge in [0.1, 0.15) is 6.07 Å². The van der Waals surface area contributed by atoms with Gasteiger partial charge in [-0.05, 0) is 46.8 Å². The maximum atomic E-state index is 14.4. The highest BCUT2D eigenvalue weighted by atomic mass is 79.9. The average Bonchev–Trinajstić information content (AvgIpc) is 2.49. The monoisotopic (exact) mass is 339 g/mol. The Morgan fingerprint density at radius 1 is 1.55 bits per heavy atom. The molecule has 3 nitrogen and oxygen atoms in total. The van der Waals surface area contributed by atoms with Crippen molar-refractivity contribution in [2.75, 3.05) is 18.0 Å². The van der Waals surface area contributed by atoms with E-state index in [2.05, 4.69) is 22.9 Å². The van der Waals surface area contributed by atoms with Crippen LogP contribution in [-0.2, 0) is 0 Å². The van der Waals surface area contributed by atoms with Crippen LogP contribution in [-0.4, -0.2) is 19.1 Å². The Morgan fingerprint density at radius 2 is 2.30 bits per heavy atom. The molecule has 20 heavy (non-hydrogen) atoms. The second-order valence-corrected chi connectivity index (χ2v) is 6.05. The Labute approximate surface area is 127 Å². The first-order valence-corrected chi connectivity index (χ1v) is 7.76. The van der Waals surface area contributed by atoms with Crippen molar-refractivity contribution < 1.29 is 4.39 Å². The predicted molar refractivity (Wildman–Crippen MR) is 82.0 cm³/mol. The maximum Gasteiger partial charge on any atom is 0.161 e. The number of nitrogens with zero attached hydrogens (tertiary/aromatic N) is 2. The van der Waals surface area contributed by atoms with Gasteiger partial charge in [-0.1, -0.05) is 13.3 Å². The zero-order valence-electron chi connectivity index (χ0n) is 11.6. The van der Waals surface area contributed by atoms with Gasteiger partial charge in [0.2, 0.25) is 0 Å². The molecular formula is C15H19BrFN3. The van der Waals surface area contributed by atoms with E-state index in [1.165, 1.54) is 0 Å². The fourth-order valence-corrected chi connectivity index (χ4v) is 3.32. The Kier molecular flexibility index (Phi) is 5.00. The van der Waals surface area contributed by atoms with Gasteiger partial charge >= 0.3 is 0 Å². The lowest BCUT2D eigenvalue weighted by molar-refractivity contribution is 0.333. The van der Waals surface area contributed by atoms with Crippen molar-refractivity contribution in [3.8, 4) is 6.07 Å². The third kappa shape index (κ3) is 2.82. The molecule has 0 amide bonds. The maximum absolute atomic E-state index is 14.4. The zero-order chi connectivity index (χ0) is 14.7. The molecule has 2 atom stereocenters. The van der Waals surface area contributed by atoms with E-state index in [0.717, 1.165) is 25.8 Å². The van der Waals surface area contributed by atoms with Crippen molar-refractivity contribution in [3.05, 3.63) is 28.0 Å². The summed E-state index contributed by atoms with van der Waals surface area (Å²) < 4.78 is 14.7. The summed E-state index contributed by atoms with van der Waals surface area (Å²) in [5, 5.41) is 8.93. The van der Waals surface area contributed by atoms with Crippen LogP contribution in [0, 0.1) is 23.1 Å². The SMILES string of the molecule is CCC1CCN(c2ccc(C#N)c(Br)c2F)C(CN)C1. The van der Waals surface area contributed by atoms with Crippen LogP contribution in [0.3, 0.4) is 0 Å². The van der Waals surface area contributed by atoms with Crippen LogP contribution in [0.4, 0.5) is 10.1 Å². The van der Waals surface area contributed by atoms with Gasteiger partial charge < -0.3 is 10.6 Å². The van der Waals surface area contributed by atoms with Gasteiger partial charge in [-0.3, -0.25) is 0 Å². The molecule has 0 spiro atoms. The number of nitriles is 1. The molecule has 108 valence electrons. The van der Waals surface area contributed by atoms with Crippen molar-refractivity contribution in [2.24, 2.45) is 11.7 Å². The summed E-state index contributed by atoms with van der Waals surface area (Å²) in [6, 6.07) is 5.49. The lowest BCUT2D eigenvalue weighted by atomic mass is 9.88. The van der Waals surface area contributed by atoms with Crippen LogP contribution < -0.4 is 10.6 Å². The minimum atomic E-state index is -0.363. The first-order chi connectivity index (χ1) is 9.62. The van der Waals surface area contributed by atoms with E-state index in [0.29, 0.717) is 23.7 Å². The molecule has 1 aromatic carbocycles. The second-order valence-electron chi connectivity index (χ2n) is 5.25. The quantitative estimate of drug-likeness (QED) is 0.917. The molecular weight excluding hydrogens is 321 g/mol. The third-order valence-corrected chi connectivity index (χ3v) is 4.94. The van der Waals surface area contributed by atoms with E-state index in [-0.39, 0.29) is 16.3 Å². The topological polar surface area (TPSA) is 53.0 Å². The van der Waals surface area contributed by atoms with Gasteiger partial charge in [0.25, 0.3) is 0 Å². The smallest absolute Gasteiger partial charge is 0.161 e. The van der Waals surface area contributed by atoms with Crippen molar-refractivity contribution in [2.45, 2.75) is 32.2 Å². The van der Waals surface area contributed by atoms with Crippen LogP contribution in [0.1, 0.15) is 31.7 Å². The van der Waals surface area contributed by atoms with E-state index in [1.807, 2.05) is 11.0 Å². The number of anilines is 1. The molecule has 0 aliphatic carbocycles. The average molecular weight is 340 g/mol. The van der Waals surface area contributed by atoms with Gasteiger partial charge in [0.15, 0.2) is 5.82 Å². The Morgan fingerprint density at radius 3 is 2.90 bits per heavy atom.